The van der Waals surface area contributed by atoms with E-state index in [-0.39, 0.29) is 6.03 Å². The summed E-state index contributed by atoms with van der Waals surface area (Å²) in [6.45, 7) is 6.70. The maximum atomic E-state index is 11.3. The summed E-state index contributed by atoms with van der Waals surface area (Å²) in [6.07, 6.45) is 0. The Labute approximate surface area is 90.6 Å². The summed E-state index contributed by atoms with van der Waals surface area (Å²) in [4.78, 5) is 15.2. The van der Waals surface area contributed by atoms with Crippen LogP contribution in [-0.2, 0) is 0 Å². The van der Waals surface area contributed by atoms with E-state index in [4.69, 9.17) is 5.26 Å². The summed E-state index contributed by atoms with van der Waals surface area (Å²) >= 11 is 0. The molecule has 0 spiro atoms. The molecule has 5 nitrogen and oxygen atoms in total. The Bertz CT molecular complexity index is 274. The van der Waals surface area contributed by atoms with Crippen LogP contribution in [0.5, 0.6) is 0 Å². The van der Waals surface area contributed by atoms with Crippen LogP contribution in [0, 0.1) is 11.3 Å². The molecule has 1 saturated heterocycles. The maximum Gasteiger partial charge on any atom is 0.317 e. The lowest BCUT2D eigenvalue weighted by atomic mass is 10.0. The largest absolute Gasteiger partial charge is 0.341 e. The molecule has 0 radical (unpaired) electrons. The standard InChI is InChI=1S/C10H18N4O/c1-10(2,8-11)14-6-4-13(5-7-14)9(15)12-3/h4-7H2,1-3H3,(H,12,15). The summed E-state index contributed by atoms with van der Waals surface area (Å²) in [5.41, 5.74) is -0.436. The van der Waals surface area contributed by atoms with E-state index in [2.05, 4.69) is 16.3 Å². The number of rotatable bonds is 1. The third-order valence-corrected chi connectivity index (χ3v) is 2.84. The molecule has 0 aliphatic carbocycles. The van der Waals surface area contributed by atoms with Gasteiger partial charge < -0.3 is 10.2 Å². The van der Waals surface area contributed by atoms with E-state index >= 15 is 0 Å². The number of carbonyl (C=O) groups is 1. The van der Waals surface area contributed by atoms with E-state index in [9.17, 15) is 4.79 Å². The third kappa shape index (κ3) is 2.60. The molecule has 0 aromatic carbocycles. The molecule has 0 saturated carbocycles. The highest BCUT2D eigenvalue weighted by atomic mass is 16.2. The molecule has 1 N–H and O–H groups in total. The van der Waals surface area contributed by atoms with E-state index < -0.39 is 5.54 Å². The van der Waals surface area contributed by atoms with Gasteiger partial charge in [0.15, 0.2) is 0 Å². The Kier molecular flexibility index (Phi) is 3.53. The summed E-state index contributed by atoms with van der Waals surface area (Å²) in [6, 6.07) is 2.24. The minimum absolute atomic E-state index is 0.0376. The fourth-order valence-corrected chi connectivity index (χ4v) is 1.70. The molecule has 0 bridgehead atoms. The van der Waals surface area contributed by atoms with Gasteiger partial charge in [-0.15, -0.1) is 0 Å². The summed E-state index contributed by atoms with van der Waals surface area (Å²) in [7, 11) is 1.63. The number of nitrogens with one attached hydrogen (secondary N) is 1. The summed E-state index contributed by atoms with van der Waals surface area (Å²) < 4.78 is 0. The topological polar surface area (TPSA) is 59.4 Å². The van der Waals surface area contributed by atoms with Crippen molar-refractivity contribution in [2.75, 3.05) is 33.2 Å². The SMILES string of the molecule is CNC(=O)N1CCN(C(C)(C)C#N)CC1. The molecule has 1 fully saturated rings. The van der Waals surface area contributed by atoms with Crippen LogP contribution in [0.1, 0.15) is 13.8 Å². The van der Waals surface area contributed by atoms with E-state index in [1.54, 1.807) is 11.9 Å². The Morgan fingerprint density at radius 1 is 1.33 bits per heavy atom. The van der Waals surface area contributed by atoms with Gasteiger partial charge >= 0.3 is 6.03 Å². The van der Waals surface area contributed by atoms with Crippen LogP contribution in [0.4, 0.5) is 4.79 Å². The van der Waals surface area contributed by atoms with Crippen LogP contribution >= 0.6 is 0 Å². The van der Waals surface area contributed by atoms with Gasteiger partial charge in [0, 0.05) is 33.2 Å². The van der Waals surface area contributed by atoms with Gasteiger partial charge in [0.05, 0.1) is 6.07 Å². The quantitative estimate of drug-likeness (QED) is 0.674. The second-order valence-electron chi connectivity index (χ2n) is 4.20. The smallest absolute Gasteiger partial charge is 0.317 e. The van der Waals surface area contributed by atoms with Crippen LogP contribution in [0.15, 0.2) is 0 Å². The molecule has 1 aliphatic rings. The normalized spacial score (nSPS) is 18.4. The highest BCUT2D eigenvalue weighted by molar-refractivity contribution is 5.73. The highest BCUT2D eigenvalue weighted by Gasteiger charge is 2.30. The molecule has 0 unspecified atom stereocenters. The monoisotopic (exact) mass is 210 g/mol. The minimum Gasteiger partial charge on any atom is -0.341 e. The van der Waals surface area contributed by atoms with Gasteiger partial charge in [-0.05, 0) is 13.8 Å². The Morgan fingerprint density at radius 3 is 2.27 bits per heavy atom. The molecule has 1 rings (SSSR count). The Balaban J connectivity index is 2.50. The highest BCUT2D eigenvalue weighted by Crippen LogP contribution is 2.15. The van der Waals surface area contributed by atoms with Gasteiger partial charge in [0.25, 0.3) is 0 Å². The van der Waals surface area contributed by atoms with Crippen molar-refractivity contribution in [2.45, 2.75) is 19.4 Å². The summed E-state index contributed by atoms with van der Waals surface area (Å²) in [5.74, 6) is 0. The lowest BCUT2D eigenvalue weighted by molar-refractivity contribution is 0.0930. The van der Waals surface area contributed by atoms with Crippen LogP contribution in [-0.4, -0.2) is 54.6 Å². The average molecular weight is 210 g/mol. The van der Waals surface area contributed by atoms with Gasteiger partial charge in [-0.25, -0.2) is 4.79 Å². The molecule has 1 heterocycles. The number of piperazine rings is 1. The number of carbonyl (C=O) groups excluding carboxylic acids is 1. The number of urea groups is 1. The first kappa shape index (κ1) is 11.8. The van der Waals surface area contributed by atoms with Crippen molar-refractivity contribution in [3.05, 3.63) is 0 Å². The number of hydrogen-bond acceptors (Lipinski definition) is 3. The zero-order valence-corrected chi connectivity index (χ0v) is 9.58. The van der Waals surface area contributed by atoms with Crippen molar-refractivity contribution >= 4 is 6.03 Å². The molecule has 84 valence electrons. The molecule has 2 amide bonds. The van der Waals surface area contributed by atoms with Crippen molar-refractivity contribution in [2.24, 2.45) is 0 Å². The molecule has 0 aromatic heterocycles. The average Bonchev–Trinajstić information content (AvgIpc) is 2.28. The number of hydrogen-bond donors (Lipinski definition) is 1. The first-order valence-electron chi connectivity index (χ1n) is 5.14. The zero-order valence-electron chi connectivity index (χ0n) is 9.58. The predicted octanol–water partition coefficient (Wildman–Crippen LogP) is 0.246. The molecule has 5 heteroatoms. The molecule has 0 aromatic rings. The zero-order chi connectivity index (χ0) is 11.5. The van der Waals surface area contributed by atoms with E-state index in [1.807, 2.05) is 13.8 Å². The number of nitrogens with zero attached hydrogens (tertiary/aromatic N) is 3. The predicted molar refractivity (Wildman–Crippen MR) is 57.3 cm³/mol. The van der Waals surface area contributed by atoms with Crippen molar-refractivity contribution in [3.8, 4) is 6.07 Å². The fraction of sp³-hybridized carbons (Fsp3) is 0.800. The van der Waals surface area contributed by atoms with Crippen LogP contribution < -0.4 is 5.32 Å². The van der Waals surface area contributed by atoms with Crippen LogP contribution in [0.3, 0.4) is 0 Å². The van der Waals surface area contributed by atoms with Gasteiger partial charge in [-0.1, -0.05) is 0 Å². The van der Waals surface area contributed by atoms with Crippen molar-refractivity contribution in [1.29, 1.82) is 5.26 Å². The second kappa shape index (κ2) is 4.49. The molecule has 0 atom stereocenters. The van der Waals surface area contributed by atoms with Gasteiger partial charge in [0.1, 0.15) is 5.54 Å². The molecule has 1 aliphatic heterocycles. The second-order valence-corrected chi connectivity index (χ2v) is 4.20. The van der Waals surface area contributed by atoms with Gasteiger partial charge in [-0.3, -0.25) is 4.90 Å². The van der Waals surface area contributed by atoms with Crippen LogP contribution in [0.25, 0.3) is 0 Å². The molecular formula is C10H18N4O. The van der Waals surface area contributed by atoms with E-state index in [1.165, 1.54) is 0 Å². The lowest BCUT2D eigenvalue weighted by Crippen LogP contribution is -2.56. The number of amides is 2. The van der Waals surface area contributed by atoms with Crippen LogP contribution in [0.2, 0.25) is 0 Å². The summed E-state index contributed by atoms with van der Waals surface area (Å²) in [5, 5.41) is 11.6. The van der Waals surface area contributed by atoms with Crippen molar-refractivity contribution in [3.63, 3.8) is 0 Å². The van der Waals surface area contributed by atoms with E-state index in [0.717, 1.165) is 13.1 Å². The van der Waals surface area contributed by atoms with Crippen molar-refractivity contribution in [1.82, 2.24) is 15.1 Å². The lowest BCUT2D eigenvalue weighted by Gasteiger charge is -2.40. The Hall–Kier alpha value is -1.28. The first-order chi connectivity index (χ1) is 7.01. The Morgan fingerprint density at radius 2 is 1.87 bits per heavy atom. The van der Waals surface area contributed by atoms with E-state index in [0.29, 0.717) is 13.1 Å². The maximum absolute atomic E-state index is 11.3. The molecule has 15 heavy (non-hydrogen) atoms. The minimum atomic E-state index is -0.436. The van der Waals surface area contributed by atoms with Gasteiger partial charge in [-0.2, -0.15) is 5.26 Å². The number of nitriles is 1. The first-order valence-corrected chi connectivity index (χ1v) is 5.14. The fourth-order valence-electron chi connectivity index (χ4n) is 1.70. The molecular weight excluding hydrogens is 192 g/mol. The van der Waals surface area contributed by atoms with Crippen molar-refractivity contribution < 1.29 is 4.79 Å². The van der Waals surface area contributed by atoms with Gasteiger partial charge in [0.2, 0.25) is 0 Å². The third-order valence-electron chi connectivity index (χ3n) is 2.84.